The van der Waals surface area contributed by atoms with E-state index in [0.717, 1.165) is 0 Å². The molecule has 3 atom stereocenters. The Morgan fingerprint density at radius 3 is 2.22 bits per heavy atom. The summed E-state index contributed by atoms with van der Waals surface area (Å²) in [5.41, 5.74) is 0. The third-order valence-corrected chi connectivity index (χ3v) is 2.81. The highest BCUT2D eigenvalue weighted by molar-refractivity contribution is 5.81. The minimum absolute atomic E-state index is 0.182. The van der Waals surface area contributed by atoms with Crippen molar-refractivity contribution < 1.29 is 19.4 Å². The Morgan fingerprint density at radius 1 is 1.33 bits per heavy atom. The van der Waals surface area contributed by atoms with E-state index >= 15 is 0 Å². The summed E-state index contributed by atoms with van der Waals surface area (Å²) in [6, 6.07) is 2.04. The topological polar surface area (TPSA) is 87.4 Å². The van der Waals surface area contributed by atoms with Crippen LogP contribution in [0.3, 0.4) is 0 Å². The Balaban J connectivity index is 5.11. The Kier molecular flexibility index (Phi) is 7.03. The number of carboxylic acids is 1. The number of ether oxygens (including phenoxy) is 1. The third-order valence-electron chi connectivity index (χ3n) is 2.81. The number of carbonyl (C=O) groups is 2. The molecule has 3 unspecified atom stereocenters. The van der Waals surface area contributed by atoms with Crippen molar-refractivity contribution in [1.82, 2.24) is 0 Å². The summed E-state index contributed by atoms with van der Waals surface area (Å²) < 4.78 is 4.89. The number of carbonyl (C=O) groups excluding carboxylic acids is 1. The number of hydrogen-bond donors (Lipinski definition) is 1. The van der Waals surface area contributed by atoms with Crippen molar-refractivity contribution in [3.8, 4) is 6.07 Å². The van der Waals surface area contributed by atoms with Gasteiger partial charge in [-0.3, -0.25) is 9.59 Å². The van der Waals surface area contributed by atoms with Crippen LogP contribution in [0.2, 0.25) is 0 Å². The zero-order valence-electron chi connectivity index (χ0n) is 11.3. The fourth-order valence-electron chi connectivity index (χ4n) is 1.90. The summed E-state index contributed by atoms with van der Waals surface area (Å²) in [6.45, 7) is 7.14. The second-order valence-corrected chi connectivity index (χ2v) is 4.77. The molecule has 5 nitrogen and oxygen atoms in total. The molecule has 0 bridgehead atoms. The van der Waals surface area contributed by atoms with Gasteiger partial charge in [-0.2, -0.15) is 5.26 Å². The van der Waals surface area contributed by atoms with E-state index in [-0.39, 0.29) is 12.5 Å². The van der Waals surface area contributed by atoms with E-state index in [9.17, 15) is 9.59 Å². The normalized spacial score (nSPS) is 15.6. The van der Waals surface area contributed by atoms with Gasteiger partial charge in [-0.1, -0.05) is 20.8 Å². The van der Waals surface area contributed by atoms with Gasteiger partial charge in [0.1, 0.15) is 0 Å². The van der Waals surface area contributed by atoms with Gasteiger partial charge in [-0.25, -0.2) is 0 Å². The van der Waals surface area contributed by atoms with Gasteiger partial charge in [0.25, 0.3) is 0 Å². The van der Waals surface area contributed by atoms with Gasteiger partial charge in [0.15, 0.2) is 0 Å². The molecule has 0 rings (SSSR count). The first-order valence-electron chi connectivity index (χ1n) is 6.14. The molecule has 0 heterocycles. The van der Waals surface area contributed by atoms with Crippen molar-refractivity contribution in [1.29, 1.82) is 5.26 Å². The van der Waals surface area contributed by atoms with Crippen LogP contribution in [0.4, 0.5) is 0 Å². The largest absolute Gasteiger partial charge is 0.481 e. The minimum Gasteiger partial charge on any atom is -0.481 e. The third kappa shape index (κ3) is 4.74. The summed E-state index contributed by atoms with van der Waals surface area (Å²) in [5, 5.41) is 18.2. The molecule has 0 spiro atoms. The summed E-state index contributed by atoms with van der Waals surface area (Å²) in [4.78, 5) is 22.9. The summed E-state index contributed by atoms with van der Waals surface area (Å²) in [6.07, 6.45) is 0.484. The molecule has 1 N–H and O–H groups in total. The van der Waals surface area contributed by atoms with Gasteiger partial charge in [0, 0.05) is 0 Å². The number of nitriles is 1. The lowest BCUT2D eigenvalue weighted by atomic mass is 9.79. The van der Waals surface area contributed by atoms with E-state index in [0.29, 0.717) is 6.42 Å². The van der Waals surface area contributed by atoms with Crippen LogP contribution >= 0.6 is 0 Å². The van der Waals surface area contributed by atoms with Crippen LogP contribution in [-0.4, -0.2) is 23.7 Å². The van der Waals surface area contributed by atoms with Crippen molar-refractivity contribution >= 4 is 11.9 Å². The molecule has 0 radical (unpaired) electrons. The van der Waals surface area contributed by atoms with E-state index < -0.39 is 29.7 Å². The quantitative estimate of drug-likeness (QED) is 0.703. The molecule has 0 aliphatic rings. The molecule has 0 aliphatic carbocycles. The maximum atomic E-state index is 11.8. The predicted octanol–water partition coefficient (Wildman–Crippen LogP) is 2.07. The molecular weight excluding hydrogens is 234 g/mol. The molecule has 0 aromatic heterocycles. The first kappa shape index (κ1) is 16.4. The summed E-state index contributed by atoms with van der Waals surface area (Å²) >= 11 is 0. The van der Waals surface area contributed by atoms with E-state index in [1.54, 1.807) is 6.92 Å². The molecule has 0 saturated carbocycles. The second-order valence-electron chi connectivity index (χ2n) is 4.77. The smallest absolute Gasteiger partial charge is 0.311 e. The first-order valence-corrected chi connectivity index (χ1v) is 6.14. The highest BCUT2D eigenvalue weighted by atomic mass is 16.5. The monoisotopic (exact) mass is 255 g/mol. The van der Waals surface area contributed by atoms with E-state index in [2.05, 4.69) is 0 Å². The van der Waals surface area contributed by atoms with E-state index in [4.69, 9.17) is 15.1 Å². The van der Waals surface area contributed by atoms with Gasteiger partial charge in [0.2, 0.25) is 0 Å². The average Bonchev–Trinajstić information content (AvgIpc) is 2.27. The van der Waals surface area contributed by atoms with Crippen molar-refractivity contribution in [3.05, 3.63) is 0 Å². The molecule has 0 aliphatic heterocycles. The van der Waals surface area contributed by atoms with Crippen molar-refractivity contribution in [3.63, 3.8) is 0 Å². The van der Waals surface area contributed by atoms with Crippen LogP contribution in [-0.2, 0) is 14.3 Å². The Morgan fingerprint density at radius 2 is 1.89 bits per heavy atom. The molecule has 5 heteroatoms. The number of carboxylic acid groups (broad SMARTS) is 1. The maximum Gasteiger partial charge on any atom is 0.311 e. The molecule has 0 aromatic rings. The fraction of sp³-hybridized carbons (Fsp3) is 0.769. The second kappa shape index (κ2) is 7.70. The highest BCUT2D eigenvalue weighted by Crippen LogP contribution is 2.28. The Hall–Kier alpha value is -1.57. The van der Waals surface area contributed by atoms with Crippen LogP contribution < -0.4 is 0 Å². The number of rotatable bonds is 7. The zero-order valence-corrected chi connectivity index (χ0v) is 11.3. The Bertz CT molecular complexity index is 332. The lowest BCUT2D eigenvalue weighted by Gasteiger charge is -2.24. The summed E-state index contributed by atoms with van der Waals surface area (Å²) in [5.74, 6) is -3.93. The van der Waals surface area contributed by atoms with Crippen LogP contribution in [0.15, 0.2) is 0 Å². The molecular formula is C13H21NO4. The van der Waals surface area contributed by atoms with Gasteiger partial charge in [0.05, 0.1) is 30.4 Å². The number of hydrogen-bond acceptors (Lipinski definition) is 4. The minimum atomic E-state index is -1.09. The highest BCUT2D eigenvalue weighted by Gasteiger charge is 2.38. The van der Waals surface area contributed by atoms with Crippen molar-refractivity contribution in [2.45, 2.75) is 34.1 Å². The number of nitrogens with zero attached hydrogens (tertiary/aromatic N) is 1. The molecule has 0 aromatic carbocycles. The standard InChI is InChI=1S/C13H21NO4/c1-5-18-13(17)11(9(4)12(15)16)10(7-14)6-8(2)3/h8-11H,5-6H2,1-4H3,(H,15,16). The zero-order chi connectivity index (χ0) is 14.3. The Labute approximate surface area is 108 Å². The van der Waals surface area contributed by atoms with Crippen molar-refractivity contribution in [2.75, 3.05) is 6.61 Å². The van der Waals surface area contributed by atoms with Crippen molar-refractivity contribution in [2.24, 2.45) is 23.7 Å². The average molecular weight is 255 g/mol. The lowest BCUT2D eigenvalue weighted by molar-refractivity contribution is -0.158. The molecule has 0 saturated heterocycles. The summed E-state index contributed by atoms with van der Waals surface area (Å²) in [7, 11) is 0. The van der Waals surface area contributed by atoms with Gasteiger partial charge in [-0.05, 0) is 19.3 Å². The molecule has 18 heavy (non-hydrogen) atoms. The maximum absolute atomic E-state index is 11.8. The number of esters is 1. The van der Waals surface area contributed by atoms with Crippen LogP contribution in [0.25, 0.3) is 0 Å². The van der Waals surface area contributed by atoms with E-state index in [1.807, 2.05) is 19.9 Å². The van der Waals surface area contributed by atoms with Crippen LogP contribution in [0, 0.1) is 35.0 Å². The molecule has 0 fully saturated rings. The fourth-order valence-corrected chi connectivity index (χ4v) is 1.90. The molecule has 0 amide bonds. The van der Waals surface area contributed by atoms with E-state index in [1.165, 1.54) is 6.92 Å². The lowest BCUT2D eigenvalue weighted by Crippen LogP contribution is -2.35. The van der Waals surface area contributed by atoms with Gasteiger partial charge >= 0.3 is 11.9 Å². The van der Waals surface area contributed by atoms with Gasteiger partial charge < -0.3 is 9.84 Å². The molecule has 102 valence electrons. The van der Waals surface area contributed by atoms with Gasteiger partial charge in [-0.15, -0.1) is 0 Å². The van der Waals surface area contributed by atoms with Crippen LogP contribution in [0.5, 0.6) is 0 Å². The predicted molar refractivity (Wildman–Crippen MR) is 65.5 cm³/mol. The number of aliphatic carboxylic acids is 1. The first-order chi connectivity index (χ1) is 8.34. The van der Waals surface area contributed by atoms with Crippen LogP contribution in [0.1, 0.15) is 34.1 Å². The SMILES string of the molecule is CCOC(=O)C(C(C#N)CC(C)C)C(C)C(=O)O.